The van der Waals surface area contributed by atoms with Gasteiger partial charge in [-0.3, -0.25) is 0 Å². The lowest BCUT2D eigenvalue weighted by atomic mass is 10.3. The molecule has 0 aliphatic carbocycles. The fraction of sp³-hybridized carbons (Fsp3) is 0. The molecule has 1 heterocycles. The molecule has 4 aromatic rings. The highest BCUT2D eigenvalue weighted by atomic mass is 79.9. The number of hydrogen-bond acceptors (Lipinski definition) is 6. The Labute approximate surface area is 239 Å². The summed E-state index contributed by atoms with van der Waals surface area (Å²) in [7, 11) is 0. The van der Waals surface area contributed by atoms with E-state index in [9.17, 15) is 0 Å². The molecule has 0 bridgehead atoms. The quantitative estimate of drug-likeness (QED) is 0.193. The lowest BCUT2D eigenvalue weighted by Gasteiger charge is -2.12. The van der Waals surface area contributed by atoms with E-state index in [2.05, 4.69) is 111 Å². The Morgan fingerprint density at radius 1 is 0.424 bits per heavy atom. The highest BCUT2D eigenvalue weighted by Crippen LogP contribution is 2.36. The third-order valence-electron chi connectivity index (χ3n) is 3.86. The van der Waals surface area contributed by atoms with Gasteiger partial charge >= 0.3 is 18.0 Å². The normalized spacial score (nSPS) is 10.7. The smallest absolute Gasteiger partial charge is 0.331 e. The summed E-state index contributed by atoms with van der Waals surface area (Å²) in [5, 5.41) is 0. The molecule has 0 atom stereocenters. The van der Waals surface area contributed by atoms with Crippen LogP contribution in [0.5, 0.6) is 35.3 Å². The van der Waals surface area contributed by atoms with Crippen molar-refractivity contribution in [3.8, 4) is 35.3 Å². The number of benzene rings is 3. The molecule has 1 aromatic heterocycles. The van der Waals surface area contributed by atoms with E-state index < -0.39 is 0 Å². The molecule has 0 amide bonds. The second-order valence-electron chi connectivity index (χ2n) is 6.21. The molecule has 0 fully saturated rings. The Balaban J connectivity index is 1.71. The van der Waals surface area contributed by atoms with Crippen LogP contribution in [0.2, 0.25) is 0 Å². The second-order valence-corrected chi connectivity index (χ2v) is 11.5. The fourth-order valence-electron chi connectivity index (χ4n) is 2.43. The molecule has 0 N–H and O–H groups in total. The molecular formula is C21H9Br6N3O3. The number of aromatic nitrogens is 3. The first-order chi connectivity index (χ1) is 15.8. The van der Waals surface area contributed by atoms with Gasteiger partial charge in [-0.25, -0.2) is 0 Å². The van der Waals surface area contributed by atoms with E-state index in [1.807, 2.05) is 36.4 Å². The number of halogens is 6. The largest absolute Gasteiger partial charge is 0.423 e. The summed E-state index contributed by atoms with van der Waals surface area (Å²) < 4.78 is 22.5. The van der Waals surface area contributed by atoms with E-state index in [1.54, 1.807) is 18.2 Å². The average molecular weight is 831 g/mol. The molecule has 33 heavy (non-hydrogen) atoms. The average Bonchev–Trinajstić information content (AvgIpc) is 2.74. The summed E-state index contributed by atoms with van der Waals surface area (Å²) in [5.74, 6) is 1.53. The highest BCUT2D eigenvalue weighted by molar-refractivity contribution is 9.11. The SMILES string of the molecule is Brc1ccc(Oc2nc(Oc3ccc(Br)cc3Br)nc(Oc3ccc(Br)cc3Br)n2)c(Br)c1. The predicted octanol–water partition coefficient (Wildman–Crippen LogP) is 9.82. The van der Waals surface area contributed by atoms with Gasteiger partial charge in [-0.1, -0.05) is 47.8 Å². The van der Waals surface area contributed by atoms with Gasteiger partial charge in [0.15, 0.2) is 0 Å². The molecule has 0 saturated carbocycles. The van der Waals surface area contributed by atoms with E-state index >= 15 is 0 Å². The lowest BCUT2D eigenvalue weighted by Crippen LogP contribution is -2.02. The topological polar surface area (TPSA) is 66.4 Å². The van der Waals surface area contributed by atoms with Crippen molar-refractivity contribution in [3.05, 3.63) is 81.4 Å². The van der Waals surface area contributed by atoms with E-state index in [-0.39, 0.29) is 18.0 Å². The number of ether oxygens (including phenoxy) is 3. The minimum atomic E-state index is -0.000472. The minimum absolute atomic E-state index is 0.000472. The summed E-state index contributed by atoms with van der Waals surface area (Å²) in [6.07, 6.45) is 0. The number of rotatable bonds is 6. The molecule has 12 heteroatoms. The van der Waals surface area contributed by atoms with Crippen LogP contribution in [0.15, 0.2) is 81.4 Å². The molecule has 4 rings (SSSR count). The van der Waals surface area contributed by atoms with Crippen molar-refractivity contribution in [1.29, 1.82) is 0 Å². The number of nitrogens with zero attached hydrogens (tertiary/aromatic N) is 3. The van der Waals surface area contributed by atoms with Crippen molar-refractivity contribution < 1.29 is 14.2 Å². The standard InChI is InChI=1S/C21H9Br6N3O3/c22-10-1-4-16(13(25)7-10)31-19-28-20(32-17-5-2-11(23)8-14(17)26)30-21(29-19)33-18-6-3-12(24)9-15(18)27/h1-9H. The third-order valence-corrected chi connectivity index (χ3v) is 7.20. The zero-order valence-electron chi connectivity index (χ0n) is 16.0. The third kappa shape index (κ3) is 6.76. The Morgan fingerprint density at radius 2 is 0.697 bits per heavy atom. The Morgan fingerprint density at radius 3 is 0.939 bits per heavy atom. The van der Waals surface area contributed by atoms with Gasteiger partial charge in [-0.15, -0.1) is 15.0 Å². The van der Waals surface area contributed by atoms with E-state index in [1.165, 1.54) is 0 Å². The van der Waals surface area contributed by atoms with Crippen LogP contribution in [0.1, 0.15) is 0 Å². The summed E-state index contributed by atoms with van der Waals surface area (Å²) in [5.41, 5.74) is 0. The van der Waals surface area contributed by atoms with Crippen molar-refractivity contribution in [2.75, 3.05) is 0 Å². The van der Waals surface area contributed by atoms with Gasteiger partial charge in [-0.05, 0) is 102 Å². The van der Waals surface area contributed by atoms with Gasteiger partial charge < -0.3 is 14.2 Å². The maximum absolute atomic E-state index is 5.89. The predicted molar refractivity (Wildman–Crippen MR) is 146 cm³/mol. The lowest BCUT2D eigenvalue weighted by molar-refractivity contribution is 0.360. The molecule has 6 nitrogen and oxygen atoms in total. The fourth-order valence-corrected chi connectivity index (χ4v) is 5.81. The maximum atomic E-state index is 5.89. The molecule has 0 unspecified atom stereocenters. The molecule has 3 aromatic carbocycles. The molecule has 0 spiro atoms. The van der Waals surface area contributed by atoms with Crippen LogP contribution in [-0.4, -0.2) is 15.0 Å². The van der Waals surface area contributed by atoms with E-state index in [0.29, 0.717) is 30.7 Å². The van der Waals surface area contributed by atoms with Crippen molar-refractivity contribution >= 4 is 95.6 Å². The van der Waals surface area contributed by atoms with Crippen LogP contribution >= 0.6 is 95.6 Å². The van der Waals surface area contributed by atoms with Crippen LogP contribution in [0.3, 0.4) is 0 Å². The molecular weight excluding hydrogens is 822 g/mol. The van der Waals surface area contributed by atoms with Gasteiger partial charge in [0.1, 0.15) is 17.2 Å². The van der Waals surface area contributed by atoms with Crippen LogP contribution in [0.25, 0.3) is 0 Å². The van der Waals surface area contributed by atoms with Crippen LogP contribution in [0, 0.1) is 0 Å². The van der Waals surface area contributed by atoms with Crippen LogP contribution in [0.4, 0.5) is 0 Å². The van der Waals surface area contributed by atoms with Crippen molar-refractivity contribution in [3.63, 3.8) is 0 Å². The number of hydrogen-bond donors (Lipinski definition) is 0. The van der Waals surface area contributed by atoms with Crippen molar-refractivity contribution in [2.24, 2.45) is 0 Å². The molecule has 0 aliphatic heterocycles. The van der Waals surface area contributed by atoms with Gasteiger partial charge in [0.25, 0.3) is 0 Å². The van der Waals surface area contributed by atoms with Crippen LogP contribution < -0.4 is 14.2 Å². The van der Waals surface area contributed by atoms with E-state index in [0.717, 1.165) is 13.4 Å². The molecule has 0 radical (unpaired) electrons. The zero-order chi connectivity index (χ0) is 23.5. The monoisotopic (exact) mass is 825 g/mol. The summed E-state index contributed by atoms with van der Waals surface area (Å²) in [6.45, 7) is 0. The van der Waals surface area contributed by atoms with Gasteiger partial charge in [0.2, 0.25) is 0 Å². The first-order valence-corrected chi connectivity index (χ1v) is 13.7. The van der Waals surface area contributed by atoms with Crippen LogP contribution in [-0.2, 0) is 0 Å². The maximum Gasteiger partial charge on any atom is 0.331 e. The van der Waals surface area contributed by atoms with E-state index in [4.69, 9.17) is 14.2 Å². The van der Waals surface area contributed by atoms with Crippen molar-refractivity contribution in [1.82, 2.24) is 15.0 Å². The Bertz CT molecular complexity index is 1170. The Kier molecular flexibility index (Phi) is 8.45. The summed E-state index contributed by atoms with van der Waals surface area (Å²) in [6, 6.07) is 16.4. The van der Waals surface area contributed by atoms with Gasteiger partial charge in [0.05, 0.1) is 13.4 Å². The molecule has 0 saturated heterocycles. The van der Waals surface area contributed by atoms with Gasteiger partial charge in [0, 0.05) is 13.4 Å². The minimum Gasteiger partial charge on any atom is -0.423 e. The Hall–Kier alpha value is -1.05. The summed E-state index contributed by atoms with van der Waals surface area (Å²) in [4.78, 5) is 12.9. The molecule has 0 aliphatic rings. The van der Waals surface area contributed by atoms with Gasteiger partial charge in [-0.2, -0.15) is 0 Å². The molecule has 168 valence electrons. The first kappa shape index (κ1) is 25.1. The van der Waals surface area contributed by atoms with Crippen molar-refractivity contribution in [2.45, 2.75) is 0 Å². The second kappa shape index (κ2) is 11.1. The highest BCUT2D eigenvalue weighted by Gasteiger charge is 2.16. The zero-order valence-corrected chi connectivity index (χ0v) is 25.5. The summed E-state index contributed by atoms with van der Waals surface area (Å²) >= 11 is 20.7. The first-order valence-electron chi connectivity index (χ1n) is 8.91.